The highest BCUT2D eigenvalue weighted by Crippen LogP contribution is 2.54. The molecule has 0 nitrogen and oxygen atoms in total. The third kappa shape index (κ3) is 4.74. The quantitative estimate of drug-likeness (QED) is 0.126. The lowest BCUT2D eigenvalue weighted by Crippen LogP contribution is -2.14. The molecule has 0 saturated carbocycles. The van der Waals surface area contributed by atoms with E-state index in [4.69, 9.17) is 0 Å². The van der Waals surface area contributed by atoms with Gasteiger partial charge >= 0.3 is 0 Å². The standard InChI is InChI=1S/C57H38/c1-57(2)53-22-12-11-21-46(53)49-33-51-52(34-54(49)57)56(42-26-24-36-14-4-6-16-38(36)30-42)50-32-40(48-31-39-17-7-8-18-43(39)44-19-9-10-20-45(44)48)27-28-47(50)55(51)41-25-23-35-13-3-5-15-37(35)29-41/h3-34H,1-2H3. The summed E-state index contributed by atoms with van der Waals surface area (Å²) >= 11 is 0. The summed E-state index contributed by atoms with van der Waals surface area (Å²) in [6.07, 6.45) is 0. The number of rotatable bonds is 3. The molecule has 0 aliphatic heterocycles. The van der Waals surface area contributed by atoms with Crippen molar-refractivity contribution in [3.05, 3.63) is 205 Å². The van der Waals surface area contributed by atoms with Crippen LogP contribution in [0.25, 0.3) is 109 Å². The predicted molar refractivity (Wildman–Crippen MR) is 245 cm³/mol. The summed E-state index contributed by atoms with van der Waals surface area (Å²) in [6.45, 7) is 4.79. The third-order valence-corrected chi connectivity index (χ3v) is 13.0. The number of hydrogen-bond donors (Lipinski definition) is 0. The van der Waals surface area contributed by atoms with Crippen LogP contribution in [-0.4, -0.2) is 0 Å². The molecule has 57 heavy (non-hydrogen) atoms. The summed E-state index contributed by atoms with van der Waals surface area (Å²) < 4.78 is 0. The highest BCUT2D eigenvalue weighted by molar-refractivity contribution is 6.24. The summed E-state index contributed by atoms with van der Waals surface area (Å²) in [5, 5.41) is 15.2. The zero-order valence-electron chi connectivity index (χ0n) is 32.0. The molecule has 11 aromatic carbocycles. The fourth-order valence-electron chi connectivity index (χ4n) is 10.2. The molecule has 0 saturated heterocycles. The molecular formula is C57H38. The Morgan fingerprint density at radius 1 is 0.263 bits per heavy atom. The maximum absolute atomic E-state index is 2.55. The number of benzene rings is 11. The molecule has 11 aromatic rings. The highest BCUT2D eigenvalue weighted by Gasteiger charge is 2.36. The average molecular weight is 723 g/mol. The molecule has 12 rings (SSSR count). The normalized spacial score (nSPS) is 13.2. The second kappa shape index (κ2) is 12.0. The van der Waals surface area contributed by atoms with Crippen LogP contribution in [0.1, 0.15) is 25.0 Å². The van der Waals surface area contributed by atoms with Crippen molar-refractivity contribution in [3.8, 4) is 44.5 Å². The second-order valence-corrected chi connectivity index (χ2v) is 16.4. The van der Waals surface area contributed by atoms with E-state index in [1.165, 1.54) is 120 Å². The van der Waals surface area contributed by atoms with E-state index in [2.05, 4.69) is 208 Å². The monoisotopic (exact) mass is 722 g/mol. The summed E-state index contributed by atoms with van der Waals surface area (Å²) in [7, 11) is 0. The Balaban J connectivity index is 1.26. The van der Waals surface area contributed by atoms with Crippen molar-refractivity contribution >= 4 is 64.6 Å². The van der Waals surface area contributed by atoms with Crippen LogP contribution in [0, 0.1) is 0 Å². The Morgan fingerprint density at radius 2 is 0.789 bits per heavy atom. The van der Waals surface area contributed by atoms with Gasteiger partial charge in [0, 0.05) is 5.41 Å². The number of fused-ring (bicyclic) bond motifs is 10. The zero-order chi connectivity index (χ0) is 37.8. The van der Waals surface area contributed by atoms with Crippen molar-refractivity contribution in [2.24, 2.45) is 0 Å². The maximum atomic E-state index is 2.55. The van der Waals surface area contributed by atoms with Crippen LogP contribution in [0.3, 0.4) is 0 Å². The molecule has 0 aromatic heterocycles. The van der Waals surface area contributed by atoms with E-state index in [1.54, 1.807) is 0 Å². The van der Waals surface area contributed by atoms with Crippen LogP contribution in [-0.2, 0) is 5.41 Å². The fourth-order valence-corrected chi connectivity index (χ4v) is 10.2. The van der Waals surface area contributed by atoms with Crippen LogP contribution in [0.5, 0.6) is 0 Å². The Labute approximate surface area is 332 Å². The van der Waals surface area contributed by atoms with Gasteiger partial charge in [-0.05, 0) is 157 Å². The molecule has 0 atom stereocenters. The van der Waals surface area contributed by atoms with Crippen LogP contribution in [0.2, 0.25) is 0 Å². The predicted octanol–water partition coefficient (Wildman–Crippen LogP) is 15.9. The van der Waals surface area contributed by atoms with Gasteiger partial charge in [0.2, 0.25) is 0 Å². The van der Waals surface area contributed by atoms with Crippen LogP contribution in [0.15, 0.2) is 194 Å². The van der Waals surface area contributed by atoms with Gasteiger partial charge in [0.15, 0.2) is 0 Å². The van der Waals surface area contributed by atoms with E-state index in [9.17, 15) is 0 Å². The van der Waals surface area contributed by atoms with Gasteiger partial charge in [0.25, 0.3) is 0 Å². The van der Waals surface area contributed by atoms with E-state index in [0.29, 0.717) is 0 Å². The lowest BCUT2D eigenvalue weighted by atomic mass is 9.79. The van der Waals surface area contributed by atoms with E-state index in [1.807, 2.05) is 0 Å². The van der Waals surface area contributed by atoms with Gasteiger partial charge in [-0.2, -0.15) is 0 Å². The first-order valence-corrected chi connectivity index (χ1v) is 20.1. The van der Waals surface area contributed by atoms with Gasteiger partial charge in [-0.25, -0.2) is 0 Å². The molecule has 0 radical (unpaired) electrons. The molecule has 0 spiro atoms. The fraction of sp³-hybridized carbons (Fsp3) is 0.0526. The molecule has 1 aliphatic rings. The van der Waals surface area contributed by atoms with Crippen molar-refractivity contribution in [2.45, 2.75) is 19.3 Å². The topological polar surface area (TPSA) is 0 Å². The molecule has 266 valence electrons. The van der Waals surface area contributed by atoms with Gasteiger partial charge in [-0.1, -0.05) is 172 Å². The van der Waals surface area contributed by atoms with Crippen molar-refractivity contribution in [1.82, 2.24) is 0 Å². The lowest BCUT2D eigenvalue weighted by Gasteiger charge is -2.24. The van der Waals surface area contributed by atoms with Crippen LogP contribution < -0.4 is 0 Å². The van der Waals surface area contributed by atoms with E-state index >= 15 is 0 Å². The van der Waals surface area contributed by atoms with Crippen molar-refractivity contribution in [2.75, 3.05) is 0 Å². The van der Waals surface area contributed by atoms with Gasteiger partial charge in [0.05, 0.1) is 0 Å². The van der Waals surface area contributed by atoms with Crippen molar-refractivity contribution in [1.29, 1.82) is 0 Å². The highest BCUT2D eigenvalue weighted by atomic mass is 14.4. The minimum atomic E-state index is -0.134. The molecule has 0 heterocycles. The lowest BCUT2D eigenvalue weighted by molar-refractivity contribution is 0.661. The molecule has 1 aliphatic carbocycles. The van der Waals surface area contributed by atoms with Crippen molar-refractivity contribution < 1.29 is 0 Å². The summed E-state index contributed by atoms with van der Waals surface area (Å²) in [5.41, 5.74) is 12.9. The van der Waals surface area contributed by atoms with E-state index < -0.39 is 0 Å². The Hall–Kier alpha value is -7.02. The zero-order valence-corrected chi connectivity index (χ0v) is 32.0. The van der Waals surface area contributed by atoms with Gasteiger partial charge in [0.1, 0.15) is 0 Å². The maximum Gasteiger partial charge on any atom is 0.0159 e. The smallest absolute Gasteiger partial charge is 0.0159 e. The van der Waals surface area contributed by atoms with Gasteiger partial charge in [-0.3, -0.25) is 0 Å². The Morgan fingerprint density at radius 3 is 1.51 bits per heavy atom. The molecular weight excluding hydrogens is 685 g/mol. The summed E-state index contributed by atoms with van der Waals surface area (Å²) in [4.78, 5) is 0. The molecule has 0 amide bonds. The van der Waals surface area contributed by atoms with Gasteiger partial charge < -0.3 is 0 Å². The minimum Gasteiger partial charge on any atom is -0.0619 e. The second-order valence-electron chi connectivity index (χ2n) is 16.4. The summed E-state index contributed by atoms with van der Waals surface area (Å²) in [6, 6.07) is 73.0. The molecule has 0 fully saturated rings. The van der Waals surface area contributed by atoms with Crippen LogP contribution >= 0.6 is 0 Å². The first-order valence-electron chi connectivity index (χ1n) is 20.1. The van der Waals surface area contributed by atoms with Crippen LogP contribution in [0.4, 0.5) is 0 Å². The minimum absolute atomic E-state index is 0.134. The average Bonchev–Trinajstić information content (AvgIpc) is 3.48. The molecule has 0 unspecified atom stereocenters. The largest absolute Gasteiger partial charge is 0.0619 e. The van der Waals surface area contributed by atoms with Crippen molar-refractivity contribution in [3.63, 3.8) is 0 Å². The Bertz CT molecular complexity index is 3490. The first-order chi connectivity index (χ1) is 28.0. The Kier molecular flexibility index (Phi) is 6.78. The SMILES string of the molecule is CC1(C)c2ccccc2-c2cc3c(-c4ccc5ccccc5c4)c4ccc(-c5cc6ccccc6c6ccccc56)cc4c(-c4ccc5ccccc5c4)c3cc21. The molecule has 0 N–H and O–H groups in total. The molecule has 0 heteroatoms. The van der Waals surface area contributed by atoms with Gasteiger partial charge in [-0.15, -0.1) is 0 Å². The number of hydrogen-bond acceptors (Lipinski definition) is 0. The molecule has 0 bridgehead atoms. The van der Waals surface area contributed by atoms with E-state index in [0.717, 1.165) is 0 Å². The third-order valence-electron chi connectivity index (χ3n) is 13.0. The first kappa shape index (κ1) is 32.2. The summed E-state index contributed by atoms with van der Waals surface area (Å²) in [5.74, 6) is 0. The van der Waals surface area contributed by atoms with E-state index in [-0.39, 0.29) is 5.41 Å².